The van der Waals surface area contributed by atoms with Gasteiger partial charge in [-0.3, -0.25) is 14.5 Å². The summed E-state index contributed by atoms with van der Waals surface area (Å²) in [6.45, 7) is 3.60. The monoisotopic (exact) mass is 449 g/mol. The highest BCUT2D eigenvalue weighted by Gasteiger charge is 2.30. The third kappa shape index (κ3) is 4.70. The Balaban J connectivity index is 1.38. The molecule has 0 spiro atoms. The SMILES string of the molecule is O=C(NCC(c1cccs1)N1CCOCC1)c1cc2ccccc2cc1NC(=O)C1CC1. The van der Waals surface area contributed by atoms with Gasteiger partial charge in [-0.05, 0) is 47.2 Å². The predicted molar refractivity (Wildman–Crippen MR) is 127 cm³/mol. The first-order valence-electron chi connectivity index (χ1n) is 11.2. The molecule has 2 fully saturated rings. The van der Waals surface area contributed by atoms with Crippen molar-refractivity contribution in [2.75, 3.05) is 38.2 Å². The second kappa shape index (κ2) is 9.40. The molecule has 3 aromatic rings. The van der Waals surface area contributed by atoms with Gasteiger partial charge in [0.2, 0.25) is 5.91 Å². The van der Waals surface area contributed by atoms with E-state index >= 15 is 0 Å². The average Bonchev–Trinajstić information content (AvgIpc) is 3.55. The second-order valence-electron chi connectivity index (χ2n) is 8.40. The molecule has 2 N–H and O–H groups in total. The van der Waals surface area contributed by atoms with Crippen molar-refractivity contribution < 1.29 is 14.3 Å². The Morgan fingerprint density at radius 3 is 2.50 bits per heavy atom. The fourth-order valence-corrected chi connectivity index (χ4v) is 5.04. The van der Waals surface area contributed by atoms with Crippen LogP contribution >= 0.6 is 11.3 Å². The number of ether oxygens (including phenoxy) is 1. The fourth-order valence-electron chi connectivity index (χ4n) is 4.18. The number of carbonyl (C=O) groups excluding carboxylic acids is 2. The first-order valence-corrected chi connectivity index (χ1v) is 12.0. The molecule has 2 heterocycles. The molecule has 1 saturated heterocycles. The van der Waals surface area contributed by atoms with Crippen molar-refractivity contribution in [3.8, 4) is 0 Å². The van der Waals surface area contributed by atoms with Crippen LogP contribution in [0, 0.1) is 5.92 Å². The van der Waals surface area contributed by atoms with E-state index < -0.39 is 0 Å². The molecule has 7 heteroatoms. The van der Waals surface area contributed by atoms with Gasteiger partial charge in [-0.1, -0.05) is 30.3 Å². The Kier molecular flexibility index (Phi) is 6.21. The van der Waals surface area contributed by atoms with Crippen LogP contribution < -0.4 is 10.6 Å². The lowest BCUT2D eigenvalue weighted by Gasteiger charge is -2.34. The summed E-state index contributed by atoms with van der Waals surface area (Å²) in [4.78, 5) is 29.4. The number of amides is 2. The van der Waals surface area contributed by atoms with E-state index in [4.69, 9.17) is 4.74 Å². The summed E-state index contributed by atoms with van der Waals surface area (Å²) in [5.41, 5.74) is 1.08. The van der Waals surface area contributed by atoms with Gasteiger partial charge in [0.1, 0.15) is 0 Å². The van der Waals surface area contributed by atoms with Crippen molar-refractivity contribution in [2.24, 2.45) is 5.92 Å². The minimum Gasteiger partial charge on any atom is -0.379 e. The topological polar surface area (TPSA) is 70.7 Å². The van der Waals surface area contributed by atoms with Crippen molar-refractivity contribution in [3.63, 3.8) is 0 Å². The number of nitrogens with zero attached hydrogens (tertiary/aromatic N) is 1. The molecule has 0 bridgehead atoms. The van der Waals surface area contributed by atoms with Crippen molar-refractivity contribution in [1.82, 2.24) is 10.2 Å². The summed E-state index contributed by atoms with van der Waals surface area (Å²) < 4.78 is 5.51. The van der Waals surface area contributed by atoms with Gasteiger partial charge in [-0.15, -0.1) is 11.3 Å². The highest BCUT2D eigenvalue weighted by Crippen LogP contribution is 2.32. The van der Waals surface area contributed by atoms with Crippen LogP contribution in [0.4, 0.5) is 5.69 Å². The lowest BCUT2D eigenvalue weighted by atomic mass is 10.0. The van der Waals surface area contributed by atoms with Crippen LogP contribution in [0.25, 0.3) is 10.8 Å². The van der Waals surface area contributed by atoms with Gasteiger partial charge in [0.05, 0.1) is 30.5 Å². The van der Waals surface area contributed by atoms with Gasteiger partial charge in [0.15, 0.2) is 0 Å². The smallest absolute Gasteiger partial charge is 0.253 e. The van der Waals surface area contributed by atoms with Crippen molar-refractivity contribution in [1.29, 1.82) is 0 Å². The average molecular weight is 450 g/mol. The van der Waals surface area contributed by atoms with Gasteiger partial charge < -0.3 is 15.4 Å². The summed E-state index contributed by atoms with van der Waals surface area (Å²) in [6, 6.07) is 16.0. The Morgan fingerprint density at radius 1 is 1.06 bits per heavy atom. The number of hydrogen-bond acceptors (Lipinski definition) is 5. The lowest BCUT2D eigenvalue weighted by molar-refractivity contribution is -0.117. The predicted octanol–water partition coefficient (Wildman–Crippen LogP) is 4.05. The molecular weight excluding hydrogens is 422 g/mol. The molecule has 1 saturated carbocycles. The number of fused-ring (bicyclic) bond motifs is 1. The molecule has 166 valence electrons. The highest BCUT2D eigenvalue weighted by molar-refractivity contribution is 7.10. The second-order valence-corrected chi connectivity index (χ2v) is 9.38. The third-order valence-corrected chi connectivity index (χ3v) is 7.12. The number of nitrogens with one attached hydrogen (secondary N) is 2. The van der Waals surface area contributed by atoms with E-state index in [-0.39, 0.29) is 23.8 Å². The van der Waals surface area contributed by atoms with Crippen LogP contribution in [0.15, 0.2) is 53.9 Å². The fraction of sp³-hybridized carbons (Fsp3) is 0.360. The largest absolute Gasteiger partial charge is 0.379 e. The molecule has 1 aliphatic heterocycles. The number of hydrogen-bond donors (Lipinski definition) is 2. The molecule has 2 aliphatic rings. The summed E-state index contributed by atoms with van der Waals surface area (Å²) in [6.07, 6.45) is 1.84. The maximum atomic E-state index is 13.3. The third-order valence-electron chi connectivity index (χ3n) is 6.15. The van der Waals surface area contributed by atoms with Crippen molar-refractivity contribution in [3.05, 3.63) is 64.4 Å². The molecule has 2 aromatic carbocycles. The number of benzene rings is 2. The summed E-state index contributed by atoms with van der Waals surface area (Å²) in [5.74, 6) is -0.0994. The van der Waals surface area contributed by atoms with Crippen LogP contribution in [0.5, 0.6) is 0 Å². The van der Waals surface area contributed by atoms with E-state index in [1.165, 1.54) is 4.88 Å². The normalized spacial score (nSPS) is 17.8. The first-order chi connectivity index (χ1) is 15.7. The van der Waals surface area contributed by atoms with Crippen LogP contribution in [0.3, 0.4) is 0 Å². The Bertz CT molecular complexity index is 1100. The summed E-state index contributed by atoms with van der Waals surface area (Å²) in [5, 5.41) is 10.2. The Hall–Kier alpha value is -2.74. The molecule has 5 rings (SSSR count). The highest BCUT2D eigenvalue weighted by atomic mass is 32.1. The number of rotatable bonds is 7. The summed E-state index contributed by atoms with van der Waals surface area (Å²) in [7, 11) is 0. The lowest BCUT2D eigenvalue weighted by Crippen LogP contribution is -2.43. The van der Waals surface area contributed by atoms with Gasteiger partial charge in [0, 0.05) is 30.4 Å². The van der Waals surface area contributed by atoms with Crippen LogP contribution in [0.1, 0.15) is 34.1 Å². The standard InChI is InChI=1S/C25H27N3O3S/c29-24(17-7-8-17)27-21-15-19-5-2-1-4-18(19)14-20(21)25(30)26-16-22(23-6-3-13-32-23)28-9-11-31-12-10-28/h1-6,13-15,17,22H,7-12,16H2,(H,26,30)(H,27,29). The maximum Gasteiger partial charge on any atom is 0.253 e. The van der Waals surface area contributed by atoms with E-state index in [1.54, 1.807) is 11.3 Å². The van der Waals surface area contributed by atoms with Crippen molar-refractivity contribution >= 4 is 39.6 Å². The van der Waals surface area contributed by atoms with Crippen LogP contribution in [-0.2, 0) is 9.53 Å². The summed E-state index contributed by atoms with van der Waals surface area (Å²) >= 11 is 1.70. The zero-order valence-electron chi connectivity index (χ0n) is 17.9. The Morgan fingerprint density at radius 2 is 1.81 bits per heavy atom. The number of morpholine rings is 1. The zero-order chi connectivity index (χ0) is 21.9. The minimum absolute atomic E-state index is 0.000824. The van der Waals surface area contributed by atoms with E-state index in [9.17, 15) is 9.59 Å². The molecule has 1 atom stereocenters. The van der Waals surface area contributed by atoms with Gasteiger partial charge in [-0.25, -0.2) is 0 Å². The molecular formula is C25H27N3O3S. The minimum atomic E-state index is -0.170. The van der Waals surface area contributed by atoms with Crippen LogP contribution in [0.2, 0.25) is 0 Å². The number of carbonyl (C=O) groups is 2. The molecule has 6 nitrogen and oxygen atoms in total. The van der Waals surface area contributed by atoms with Gasteiger partial charge in [0.25, 0.3) is 5.91 Å². The van der Waals surface area contributed by atoms with E-state index in [0.717, 1.165) is 36.7 Å². The number of thiophene rings is 1. The zero-order valence-corrected chi connectivity index (χ0v) is 18.7. The Labute approximate surface area is 191 Å². The van der Waals surface area contributed by atoms with Crippen LogP contribution in [-0.4, -0.2) is 49.6 Å². The first kappa shape index (κ1) is 21.1. The van der Waals surface area contributed by atoms with Crippen molar-refractivity contribution in [2.45, 2.75) is 18.9 Å². The quantitative estimate of drug-likeness (QED) is 0.571. The maximum absolute atomic E-state index is 13.3. The molecule has 1 aromatic heterocycles. The molecule has 2 amide bonds. The molecule has 0 radical (unpaired) electrons. The van der Waals surface area contributed by atoms with E-state index in [1.807, 2.05) is 42.5 Å². The molecule has 1 unspecified atom stereocenters. The van der Waals surface area contributed by atoms with E-state index in [2.05, 4.69) is 27.0 Å². The van der Waals surface area contributed by atoms with Gasteiger partial charge >= 0.3 is 0 Å². The molecule has 32 heavy (non-hydrogen) atoms. The van der Waals surface area contributed by atoms with E-state index in [0.29, 0.717) is 31.0 Å². The van der Waals surface area contributed by atoms with Gasteiger partial charge in [-0.2, -0.15) is 0 Å². The molecule has 1 aliphatic carbocycles. The number of anilines is 1.